The first-order valence-electron chi connectivity index (χ1n) is 6.51. The molecule has 0 unspecified atom stereocenters. The van der Waals surface area contributed by atoms with Gasteiger partial charge in [0.15, 0.2) is 0 Å². The van der Waals surface area contributed by atoms with Gasteiger partial charge < -0.3 is 14.3 Å². The highest BCUT2D eigenvalue weighted by atomic mass is 32.2. The van der Waals surface area contributed by atoms with Gasteiger partial charge in [0, 0.05) is 31.6 Å². The van der Waals surface area contributed by atoms with Crippen LogP contribution in [0.3, 0.4) is 0 Å². The van der Waals surface area contributed by atoms with Crippen LogP contribution >= 0.6 is 11.8 Å². The van der Waals surface area contributed by atoms with E-state index in [0.29, 0.717) is 11.8 Å². The molecule has 3 aromatic rings. The Morgan fingerprint density at radius 1 is 1.33 bits per heavy atom. The van der Waals surface area contributed by atoms with Crippen molar-refractivity contribution in [2.24, 2.45) is 0 Å². The van der Waals surface area contributed by atoms with Crippen molar-refractivity contribution in [1.82, 2.24) is 25.1 Å². The van der Waals surface area contributed by atoms with Gasteiger partial charge in [-0.15, -0.1) is 22.0 Å². The second-order valence-electron chi connectivity index (χ2n) is 4.60. The average molecular weight is 300 g/mol. The van der Waals surface area contributed by atoms with Crippen molar-refractivity contribution in [3.63, 3.8) is 0 Å². The van der Waals surface area contributed by atoms with Crippen LogP contribution in [-0.2, 0) is 0 Å². The van der Waals surface area contributed by atoms with Crippen molar-refractivity contribution in [1.29, 1.82) is 0 Å². The van der Waals surface area contributed by atoms with Gasteiger partial charge in [-0.25, -0.2) is 9.97 Å². The molecule has 3 aromatic heterocycles. The quantitative estimate of drug-likeness (QED) is 0.776. The second-order valence-corrected chi connectivity index (χ2v) is 5.74. The Morgan fingerprint density at radius 2 is 2.29 bits per heavy atom. The topological polar surface area (TPSA) is 83.7 Å². The molecule has 1 N–H and O–H groups in total. The van der Waals surface area contributed by atoms with Gasteiger partial charge in [0.2, 0.25) is 5.89 Å². The van der Waals surface area contributed by atoms with Crippen LogP contribution in [0.5, 0.6) is 0 Å². The largest absolute Gasteiger partial charge is 0.420 e. The average Bonchev–Trinajstić information content (AvgIpc) is 3.15. The Bertz CT molecular complexity index is 823. The molecule has 1 aliphatic rings. The Morgan fingerprint density at radius 3 is 3.14 bits per heavy atom. The summed E-state index contributed by atoms with van der Waals surface area (Å²) in [5, 5.41) is 8.96. The Kier molecular flexibility index (Phi) is 2.88. The van der Waals surface area contributed by atoms with E-state index in [0.717, 1.165) is 34.1 Å². The zero-order valence-corrected chi connectivity index (χ0v) is 12.1. The SMILES string of the molecule is Cc1nnc(C2=CN(c3ncnc4[nH]ccc34)CCS2)o1. The van der Waals surface area contributed by atoms with Gasteiger partial charge in [0.25, 0.3) is 5.89 Å². The maximum Gasteiger partial charge on any atom is 0.255 e. The van der Waals surface area contributed by atoms with Gasteiger partial charge in [-0.3, -0.25) is 0 Å². The van der Waals surface area contributed by atoms with Gasteiger partial charge in [0.1, 0.15) is 17.8 Å². The van der Waals surface area contributed by atoms with E-state index in [4.69, 9.17) is 4.42 Å². The number of aromatic amines is 1. The van der Waals surface area contributed by atoms with E-state index < -0.39 is 0 Å². The van der Waals surface area contributed by atoms with E-state index in [1.807, 2.05) is 18.5 Å². The van der Waals surface area contributed by atoms with E-state index in [-0.39, 0.29) is 0 Å². The zero-order valence-electron chi connectivity index (χ0n) is 11.3. The number of nitrogens with one attached hydrogen (secondary N) is 1. The first kappa shape index (κ1) is 12.4. The van der Waals surface area contributed by atoms with Crippen molar-refractivity contribution in [2.75, 3.05) is 17.2 Å². The number of thioether (sulfide) groups is 1. The highest BCUT2D eigenvalue weighted by Crippen LogP contribution is 2.33. The highest BCUT2D eigenvalue weighted by Gasteiger charge is 2.20. The number of aryl methyl sites for hydroxylation is 1. The molecule has 0 amide bonds. The van der Waals surface area contributed by atoms with Gasteiger partial charge in [0.05, 0.1) is 10.3 Å². The number of hydrogen-bond acceptors (Lipinski definition) is 7. The summed E-state index contributed by atoms with van der Waals surface area (Å²) in [5.74, 6) is 2.94. The molecular formula is C13H12N6OS. The zero-order chi connectivity index (χ0) is 14.2. The molecule has 21 heavy (non-hydrogen) atoms. The molecule has 0 saturated heterocycles. The van der Waals surface area contributed by atoms with Crippen LogP contribution in [0.4, 0.5) is 5.82 Å². The molecule has 0 aliphatic carbocycles. The van der Waals surface area contributed by atoms with Crippen LogP contribution in [0, 0.1) is 6.92 Å². The number of anilines is 1. The van der Waals surface area contributed by atoms with Gasteiger partial charge in [-0.05, 0) is 6.07 Å². The van der Waals surface area contributed by atoms with Crippen molar-refractivity contribution < 1.29 is 4.42 Å². The van der Waals surface area contributed by atoms with Crippen molar-refractivity contribution in [2.45, 2.75) is 6.92 Å². The number of rotatable bonds is 2. The van der Waals surface area contributed by atoms with Crippen LogP contribution in [-0.4, -0.2) is 37.4 Å². The third kappa shape index (κ3) is 2.17. The molecule has 0 aromatic carbocycles. The van der Waals surface area contributed by atoms with Crippen LogP contribution in [0.2, 0.25) is 0 Å². The number of hydrogen-bond donors (Lipinski definition) is 1. The molecule has 0 saturated carbocycles. The molecule has 0 atom stereocenters. The van der Waals surface area contributed by atoms with E-state index >= 15 is 0 Å². The molecule has 0 radical (unpaired) electrons. The number of nitrogens with zero attached hydrogens (tertiary/aromatic N) is 5. The maximum absolute atomic E-state index is 5.50. The molecule has 4 rings (SSSR count). The Labute approximate surface area is 124 Å². The van der Waals surface area contributed by atoms with Crippen molar-refractivity contribution in [3.05, 3.63) is 36.6 Å². The minimum Gasteiger partial charge on any atom is -0.420 e. The lowest BCUT2D eigenvalue weighted by Gasteiger charge is -2.24. The molecule has 0 bridgehead atoms. The van der Waals surface area contributed by atoms with Crippen LogP contribution < -0.4 is 4.90 Å². The van der Waals surface area contributed by atoms with E-state index in [9.17, 15) is 0 Å². The minimum atomic E-state index is 0.557. The summed E-state index contributed by atoms with van der Waals surface area (Å²) in [5.41, 5.74) is 0.835. The van der Waals surface area contributed by atoms with E-state index in [2.05, 4.69) is 30.0 Å². The second kappa shape index (κ2) is 4.88. The maximum atomic E-state index is 5.50. The minimum absolute atomic E-state index is 0.557. The molecule has 106 valence electrons. The third-order valence-corrected chi connectivity index (χ3v) is 4.18. The summed E-state index contributed by atoms with van der Waals surface area (Å²) in [6, 6.07) is 1.98. The molecule has 4 heterocycles. The molecule has 1 aliphatic heterocycles. The lowest BCUT2D eigenvalue weighted by atomic mass is 10.3. The van der Waals surface area contributed by atoms with Gasteiger partial charge in [-0.2, -0.15) is 0 Å². The predicted octanol–water partition coefficient (Wildman–Crippen LogP) is 2.20. The molecule has 0 fully saturated rings. The molecule has 8 heteroatoms. The Hall–Kier alpha value is -2.35. The third-order valence-electron chi connectivity index (χ3n) is 3.20. The molecule has 7 nitrogen and oxygen atoms in total. The van der Waals surface area contributed by atoms with Crippen LogP contribution in [0.1, 0.15) is 11.8 Å². The summed E-state index contributed by atoms with van der Waals surface area (Å²) in [4.78, 5) is 14.8. The monoisotopic (exact) mass is 300 g/mol. The highest BCUT2D eigenvalue weighted by molar-refractivity contribution is 8.08. The lowest BCUT2D eigenvalue weighted by molar-refractivity contribution is 0.508. The summed E-state index contributed by atoms with van der Waals surface area (Å²) in [6.07, 6.45) is 5.45. The summed E-state index contributed by atoms with van der Waals surface area (Å²) < 4.78 is 5.50. The fraction of sp³-hybridized carbons (Fsp3) is 0.231. The summed E-state index contributed by atoms with van der Waals surface area (Å²) in [7, 11) is 0. The first-order chi connectivity index (χ1) is 10.3. The fourth-order valence-electron chi connectivity index (χ4n) is 2.27. The van der Waals surface area contributed by atoms with Crippen LogP contribution in [0.15, 0.2) is 29.2 Å². The van der Waals surface area contributed by atoms with E-state index in [1.54, 1.807) is 25.0 Å². The Balaban J connectivity index is 1.76. The normalized spacial score (nSPS) is 15.5. The first-order valence-corrected chi connectivity index (χ1v) is 7.49. The predicted molar refractivity (Wildman–Crippen MR) is 80.7 cm³/mol. The number of H-pyrrole nitrogens is 1. The van der Waals surface area contributed by atoms with Crippen LogP contribution in [0.25, 0.3) is 15.9 Å². The van der Waals surface area contributed by atoms with Gasteiger partial charge >= 0.3 is 0 Å². The fourth-order valence-corrected chi connectivity index (χ4v) is 3.18. The van der Waals surface area contributed by atoms with E-state index in [1.165, 1.54) is 0 Å². The number of aromatic nitrogens is 5. The lowest BCUT2D eigenvalue weighted by Crippen LogP contribution is -2.24. The smallest absolute Gasteiger partial charge is 0.255 e. The van der Waals surface area contributed by atoms with Gasteiger partial charge in [-0.1, -0.05) is 0 Å². The summed E-state index contributed by atoms with van der Waals surface area (Å²) >= 11 is 1.71. The molecular weight excluding hydrogens is 288 g/mol. The number of fused-ring (bicyclic) bond motifs is 1. The summed E-state index contributed by atoms with van der Waals surface area (Å²) in [6.45, 7) is 2.66. The standard InChI is InChI=1S/C13H12N6OS/c1-8-17-18-13(20-8)10-6-19(4-5-21-10)12-9-2-3-14-11(9)15-7-16-12/h2-3,6-7H,4-5H2,1H3,(H,14,15,16). The molecule has 0 spiro atoms. The van der Waals surface area contributed by atoms with Crippen molar-refractivity contribution in [3.8, 4) is 0 Å². The van der Waals surface area contributed by atoms with Crippen molar-refractivity contribution >= 4 is 33.5 Å².